The van der Waals surface area contributed by atoms with Gasteiger partial charge in [0, 0.05) is 5.25 Å². The summed E-state index contributed by atoms with van der Waals surface area (Å²) in [6.07, 6.45) is 3.69. The first-order valence-electron chi connectivity index (χ1n) is 6.32. The SMILES string of the molecule is CCSC1CCC(n2nnnc2C(C)NC)C1. The molecule has 1 aromatic rings. The van der Waals surface area contributed by atoms with Crippen molar-refractivity contribution in [3.8, 4) is 0 Å². The number of nitrogens with one attached hydrogen (secondary N) is 1. The van der Waals surface area contributed by atoms with Gasteiger partial charge in [0.1, 0.15) is 0 Å². The molecular weight excluding hydrogens is 234 g/mol. The standard InChI is InChI=1S/C11H21N5S/c1-4-17-10-6-5-9(7-10)16-11(8(2)12-3)13-14-15-16/h8-10,12H,4-7H2,1-3H3. The number of hydrogen-bond acceptors (Lipinski definition) is 5. The summed E-state index contributed by atoms with van der Waals surface area (Å²) in [5.41, 5.74) is 0. The molecule has 6 heteroatoms. The van der Waals surface area contributed by atoms with Crippen LogP contribution in [0.15, 0.2) is 0 Å². The Morgan fingerprint density at radius 1 is 1.53 bits per heavy atom. The Bertz CT molecular complexity index is 353. The van der Waals surface area contributed by atoms with Crippen LogP contribution < -0.4 is 5.32 Å². The zero-order valence-corrected chi connectivity index (χ0v) is 11.6. The van der Waals surface area contributed by atoms with Crippen molar-refractivity contribution < 1.29 is 0 Å². The summed E-state index contributed by atoms with van der Waals surface area (Å²) >= 11 is 2.06. The van der Waals surface area contributed by atoms with Crippen LogP contribution in [0.5, 0.6) is 0 Å². The molecule has 1 aromatic heterocycles. The molecule has 5 nitrogen and oxygen atoms in total. The van der Waals surface area contributed by atoms with E-state index in [-0.39, 0.29) is 6.04 Å². The average Bonchev–Trinajstić information content (AvgIpc) is 2.95. The van der Waals surface area contributed by atoms with Crippen LogP contribution in [0.4, 0.5) is 0 Å². The topological polar surface area (TPSA) is 55.6 Å². The maximum Gasteiger partial charge on any atom is 0.168 e. The fourth-order valence-electron chi connectivity index (χ4n) is 2.40. The lowest BCUT2D eigenvalue weighted by Gasteiger charge is -2.15. The predicted molar refractivity (Wildman–Crippen MR) is 70.1 cm³/mol. The third-order valence-electron chi connectivity index (χ3n) is 3.44. The average molecular weight is 255 g/mol. The van der Waals surface area contributed by atoms with Gasteiger partial charge in [0.2, 0.25) is 0 Å². The molecule has 3 atom stereocenters. The Balaban J connectivity index is 2.06. The Hall–Kier alpha value is -0.620. The molecule has 1 fully saturated rings. The monoisotopic (exact) mass is 255 g/mol. The molecule has 17 heavy (non-hydrogen) atoms. The van der Waals surface area contributed by atoms with E-state index in [4.69, 9.17) is 0 Å². The first kappa shape index (κ1) is 12.8. The van der Waals surface area contributed by atoms with Crippen LogP contribution in [0.3, 0.4) is 0 Å². The van der Waals surface area contributed by atoms with Crippen LogP contribution in [-0.2, 0) is 0 Å². The summed E-state index contributed by atoms with van der Waals surface area (Å²) in [6.45, 7) is 4.32. The zero-order valence-electron chi connectivity index (χ0n) is 10.8. The van der Waals surface area contributed by atoms with E-state index in [2.05, 4.69) is 46.5 Å². The van der Waals surface area contributed by atoms with Crippen LogP contribution in [0.2, 0.25) is 0 Å². The van der Waals surface area contributed by atoms with Gasteiger partial charge in [-0.1, -0.05) is 6.92 Å². The van der Waals surface area contributed by atoms with Crippen molar-refractivity contribution in [2.45, 2.75) is 50.4 Å². The van der Waals surface area contributed by atoms with Crippen molar-refractivity contribution in [2.75, 3.05) is 12.8 Å². The first-order valence-corrected chi connectivity index (χ1v) is 7.37. The Kier molecular flexibility index (Phi) is 4.39. The van der Waals surface area contributed by atoms with Crippen molar-refractivity contribution in [3.05, 3.63) is 5.82 Å². The number of tetrazole rings is 1. The lowest BCUT2D eigenvalue weighted by Crippen LogP contribution is -2.20. The molecule has 0 aromatic carbocycles. The fraction of sp³-hybridized carbons (Fsp3) is 0.909. The molecular formula is C11H21N5S. The molecule has 2 rings (SSSR count). The lowest BCUT2D eigenvalue weighted by molar-refractivity contribution is 0.418. The maximum absolute atomic E-state index is 4.17. The van der Waals surface area contributed by atoms with E-state index >= 15 is 0 Å². The van der Waals surface area contributed by atoms with Gasteiger partial charge in [-0.15, -0.1) is 5.10 Å². The van der Waals surface area contributed by atoms with Gasteiger partial charge in [0.15, 0.2) is 5.82 Å². The highest BCUT2D eigenvalue weighted by atomic mass is 32.2. The minimum Gasteiger partial charge on any atom is -0.311 e. The van der Waals surface area contributed by atoms with Gasteiger partial charge in [0.05, 0.1) is 12.1 Å². The van der Waals surface area contributed by atoms with E-state index in [0.717, 1.165) is 11.1 Å². The van der Waals surface area contributed by atoms with Gasteiger partial charge in [-0.25, -0.2) is 4.68 Å². The highest BCUT2D eigenvalue weighted by Gasteiger charge is 2.29. The van der Waals surface area contributed by atoms with Crippen LogP contribution in [0, 0.1) is 0 Å². The van der Waals surface area contributed by atoms with Crippen molar-refractivity contribution in [1.29, 1.82) is 0 Å². The van der Waals surface area contributed by atoms with Crippen LogP contribution in [0.1, 0.15) is 51.0 Å². The molecule has 0 bridgehead atoms. The van der Waals surface area contributed by atoms with Gasteiger partial charge in [0.25, 0.3) is 0 Å². The van der Waals surface area contributed by atoms with Crippen LogP contribution >= 0.6 is 11.8 Å². The Morgan fingerprint density at radius 3 is 3.06 bits per heavy atom. The highest BCUT2D eigenvalue weighted by molar-refractivity contribution is 7.99. The van der Waals surface area contributed by atoms with Gasteiger partial charge in [-0.05, 0) is 49.4 Å². The van der Waals surface area contributed by atoms with Gasteiger partial charge in [-0.3, -0.25) is 0 Å². The predicted octanol–water partition coefficient (Wildman–Crippen LogP) is 1.80. The van der Waals surface area contributed by atoms with Gasteiger partial charge in [-0.2, -0.15) is 11.8 Å². The Labute approximate surface area is 107 Å². The second-order valence-corrected chi connectivity index (χ2v) is 6.11. The van der Waals surface area contributed by atoms with Crippen molar-refractivity contribution >= 4 is 11.8 Å². The summed E-state index contributed by atoms with van der Waals surface area (Å²) in [6, 6.07) is 0.697. The molecule has 96 valence electrons. The summed E-state index contributed by atoms with van der Waals surface area (Å²) < 4.78 is 2.03. The van der Waals surface area contributed by atoms with E-state index < -0.39 is 0 Å². The minimum atomic E-state index is 0.211. The second kappa shape index (κ2) is 5.82. The number of thioether (sulfide) groups is 1. The molecule has 0 radical (unpaired) electrons. The molecule has 3 unspecified atom stereocenters. The lowest BCUT2D eigenvalue weighted by atomic mass is 10.2. The first-order chi connectivity index (χ1) is 8.26. The highest BCUT2D eigenvalue weighted by Crippen LogP contribution is 2.37. The molecule has 0 saturated heterocycles. The number of aromatic nitrogens is 4. The maximum atomic E-state index is 4.17. The third-order valence-corrected chi connectivity index (χ3v) is 4.68. The van der Waals surface area contributed by atoms with E-state index in [1.54, 1.807) is 0 Å². The molecule has 0 aliphatic heterocycles. The number of hydrogen-bond donors (Lipinski definition) is 1. The molecule has 0 spiro atoms. The van der Waals surface area contributed by atoms with E-state index in [1.807, 2.05) is 11.7 Å². The van der Waals surface area contributed by atoms with E-state index in [9.17, 15) is 0 Å². The smallest absolute Gasteiger partial charge is 0.168 e. The van der Waals surface area contributed by atoms with Crippen molar-refractivity contribution in [1.82, 2.24) is 25.5 Å². The largest absolute Gasteiger partial charge is 0.311 e. The summed E-state index contributed by atoms with van der Waals surface area (Å²) in [7, 11) is 1.94. The fourth-order valence-corrected chi connectivity index (χ4v) is 3.53. The van der Waals surface area contributed by atoms with Crippen molar-refractivity contribution in [3.63, 3.8) is 0 Å². The van der Waals surface area contributed by atoms with Gasteiger partial charge >= 0.3 is 0 Å². The molecule has 1 saturated carbocycles. The van der Waals surface area contributed by atoms with E-state index in [0.29, 0.717) is 6.04 Å². The van der Waals surface area contributed by atoms with Crippen LogP contribution in [0.25, 0.3) is 0 Å². The summed E-state index contributed by atoms with van der Waals surface area (Å²) in [5.74, 6) is 2.16. The second-order valence-electron chi connectivity index (χ2n) is 4.54. The van der Waals surface area contributed by atoms with Crippen LogP contribution in [-0.4, -0.2) is 38.3 Å². The Morgan fingerprint density at radius 2 is 2.35 bits per heavy atom. The summed E-state index contributed by atoms with van der Waals surface area (Å²) in [5, 5.41) is 16.1. The molecule has 1 heterocycles. The number of rotatable bonds is 5. The van der Waals surface area contributed by atoms with Gasteiger partial charge < -0.3 is 5.32 Å². The summed E-state index contributed by atoms with van der Waals surface area (Å²) in [4.78, 5) is 0. The molecule has 1 N–H and O–H groups in total. The van der Waals surface area contributed by atoms with E-state index in [1.165, 1.54) is 25.0 Å². The molecule has 1 aliphatic rings. The normalized spacial score (nSPS) is 26.3. The minimum absolute atomic E-state index is 0.211. The van der Waals surface area contributed by atoms with Crippen molar-refractivity contribution in [2.24, 2.45) is 0 Å². The number of nitrogens with zero attached hydrogens (tertiary/aromatic N) is 4. The zero-order chi connectivity index (χ0) is 12.3. The quantitative estimate of drug-likeness (QED) is 0.869. The molecule has 1 aliphatic carbocycles. The third kappa shape index (κ3) is 2.80. The molecule has 0 amide bonds.